The van der Waals surface area contributed by atoms with E-state index in [2.05, 4.69) is 15.0 Å². The molecule has 0 saturated carbocycles. The normalized spacial score (nSPS) is 10.9. The predicted octanol–water partition coefficient (Wildman–Crippen LogP) is 0.508. The Morgan fingerprint density at radius 2 is 2.23 bits per heavy atom. The average Bonchev–Trinajstić information content (AvgIpc) is 2.48. The second-order valence-corrected chi connectivity index (χ2v) is 2.91. The standard InChI is InChI=1S/C8H11N5/c1-3-5-11-7(9)6-8(12-5)13(2)4-10-6/h4H,3H2,1-2H3,(H2,9,11,12). The molecule has 0 amide bonds. The van der Waals surface area contributed by atoms with Gasteiger partial charge in [0.05, 0.1) is 6.33 Å². The van der Waals surface area contributed by atoms with Crippen LogP contribution in [0.2, 0.25) is 0 Å². The minimum atomic E-state index is 0.461. The number of anilines is 1. The number of aryl methyl sites for hydroxylation is 2. The molecule has 2 aromatic rings. The van der Waals surface area contributed by atoms with Gasteiger partial charge in [-0.25, -0.2) is 15.0 Å². The van der Waals surface area contributed by atoms with E-state index in [9.17, 15) is 0 Å². The van der Waals surface area contributed by atoms with E-state index in [1.54, 1.807) is 6.33 Å². The summed E-state index contributed by atoms with van der Waals surface area (Å²) in [5.74, 6) is 1.22. The fourth-order valence-corrected chi connectivity index (χ4v) is 1.23. The molecule has 0 saturated heterocycles. The van der Waals surface area contributed by atoms with Gasteiger partial charge in [-0.2, -0.15) is 0 Å². The second kappa shape index (κ2) is 2.69. The molecule has 2 aromatic heterocycles. The van der Waals surface area contributed by atoms with Crippen molar-refractivity contribution in [1.82, 2.24) is 19.5 Å². The molecule has 0 aliphatic rings. The lowest BCUT2D eigenvalue weighted by Gasteiger charge is -1.99. The van der Waals surface area contributed by atoms with Crippen LogP contribution in [-0.2, 0) is 13.5 Å². The topological polar surface area (TPSA) is 69.6 Å². The number of nitrogen functional groups attached to an aromatic ring is 1. The van der Waals surface area contributed by atoms with Gasteiger partial charge >= 0.3 is 0 Å². The third kappa shape index (κ3) is 1.12. The molecule has 68 valence electrons. The van der Waals surface area contributed by atoms with Crippen LogP contribution in [0.5, 0.6) is 0 Å². The Balaban J connectivity index is 2.80. The Bertz CT molecular complexity index is 445. The first-order chi connectivity index (χ1) is 6.22. The van der Waals surface area contributed by atoms with Crippen LogP contribution in [0.15, 0.2) is 6.33 Å². The number of hydrogen-bond donors (Lipinski definition) is 1. The van der Waals surface area contributed by atoms with Gasteiger partial charge < -0.3 is 10.3 Å². The maximum absolute atomic E-state index is 5.72. The minimum Gasteiger partial charge on any atom is -0.382 e. The van der Waals surface area contributed by atoms with Crippen molar-refractivity contribution >= 4 is 17.0 Å². The lowest BCUT2D eigenvalue weighted by atomic mass is 10.4. The van der Waals surface area contributed by atoms with Gasteiger partial charge in [0.25, 0.3) is 0 Å². The van der Waals surface area contributed by atoms with E-state index in [0.29, 0.717) is 11.3 Å². The fourth-order valence-electron chi connectivity index (χ4n) is 1.23. The number of fused-ring (bicyclic) bond motifs is 1. The molecule has 0 spiro atoms. The average molecular weight is 177 g/mol. The molecule has 2 heterocycles. The molecular formula is C8H11N5. The zero-order chi connectivity index (χ0) is 9.42. The van der Waals surface area contributed by atoms with E-state index < -0.39 is 0 Å². The van der Waals surface area contributed by atoms with Gasteiger partial charge in [0.2, 0.25) is 0 Å². The molecule has 0 atom stereocenters. The molecule has 0 radical (unpaired) electrons. The Kier molecular flexibility index (Phi) is 1.65. The Morgan fingerprint density at radius 3 is 2.92 bits per heavy atom. The Hall–Kier alpha value is -1.65. The summed E-state index contributed by atoms with van der Waals surface area (Å²) >= 11 is 0. The van der Waals surface area contributed by atoms with Crippen molar-refractivity contribution in [2.75, 3.05) is 5.73 Å². The summed E-state index contributed by atoms with van der Waals surface area (Å²) in [7, 11) is 1.89. The van der Waals surface area contributed by atoms with Crippen LogP contribution in [0, 0.1) is 0 Å². The van der Waals surface area contributed by atoms with Crippen molar-refractivity contribution in [2.45, 2.75) is 13.3 Å². The van der Waals surface area contributed by atoms with Gasteiger partial charge in [-0.3, -0.25) is 0 Å². The van der Waals surface area contributed by atoms with Crippen molar-refractivity contribution in [2.24, 2.45) is 7.05 Å². The molecule has 2 rings (SSSR count). The van der Waals surface area contributed by atoms with E-state index in [1.807, 2.05) is 18.5 Å². The van der Waals surface area contributed by atoms with Gasteiger partial charge in [0, 0.05) is 13.5 Å². The lowest BCUT2D eigenvalue weighted by molar-refractivity contribution is 0.900. The molecule has 13 heavy (non-hydrogen) atoms. The summed E-state index contributed by atoms with van der Waals surface area (Å²) in [5.41, 5.74) is 7.19. The zero-order valence-electron chi connectivity index (χ0n) is 7.65. The molecule has 5 heteroatoms. The maximum atomic E-state index is 5.72. The summed E-state index contributed by atoms with van der Waals surface area (Å²) in [4.78, 5) is 12.6. The van der Waals surface area contributed by atoms with E-state index in [0.717, 1.165) is 17.9 Å². The molecule has 0 unspecified atom stereocenters. The van der Waals surface area contributed by atoms with Crippen molar-refractivity contribution in [3.63, 3.8) is 0 Å². The van der Waals surface area contributed by atoms with E-state index in [-0.39, 0.29) is 0 Å². The van der Waals surface area contributed by atoms with Gasteiger partial charge in [-0.05, 0) is 0 Å². The smallest absolute Gasteiger partial charge is 0.165 e. The third-order valence-electron chi connectivity index (χ3n) is 1.95. The summed E-state index contributed by atoms with van der Waals surface area (Å²) in [6, 6.07) is 0. The highest BCUT2D eigenvalue weighted by molar-refractivity contribution is 5.81. The molecule has 0 fully saturated rings. The largest absolute Gasteiger partial charge is 0.382 e. The van der Waals surface area contributed by atoms with Crippen LogP contribution < -0.4 is 5.73 Å². The quantitative estimate of drug-likeness (QED) is 0.689. The first kappa shape index (κ1) is 7.97. The van der Waals surface area contributed by atoms with Crippen LogP contribution in [-0.4, -0.2) is 19.5 Å². The fraction of sp³-hybridized carbons (Fsp3) is 0.375. The minimum absolute atomic E-state index is 0.461. The SMILES string of the molecule is CCc1nc(N)c2ncn(C)c2n1. The molecule has 0 aromatic carbocycles. The highest BCUT2D eigenvalue weighted by Gasteiger charge is 2.07. The summed E-state index contributed by atoms with van der Waals surface area (Å²) < 4.78 is 1.84. The van der Waals surface area contributed by atoms with Crippen molar-refractivity contribution in [1.29, 1.82) is 0 Å². The van der Waals surface area contributed by atoms with Crippen LogP contribution in [0.4, 0.5) is 5.82 Å². The van der Waals surface area contributed by atoms with Gasteiger partial charge in [-0.15, -0.1) is 0 Å². The molecule has 5 nitrogen and oxygen atoms in total. The number of aromatic nitrogens is 4. The van der Waals surface area contributed by atoms with Crippen molar-refractivity contribution in [3.05, 3.63) is 12.2 Å². The summed E-state index contributed by atoms with van der Waals surface area (Å²) in [6.45, 7) is 2.00. The van der Waals surface area contributed by atoms with Crippen LogP contribution in [0.3, 0.4) is 0 Å². The van der Waals surface area contributed by atoms with Crippen LogP contribution in [0.25, 0.3) is 11.2 Å². The zero-order valence-corrected chi connectivity index (χ0v) is 7.65. The van der Waals surface area contributed by atoms with Gasteiger partial charge in [0.15, 0.2) is 11.5 Å². The molecule has 0 bridgehead atoms. The van der Waals surface area contributed by atoms with Crippen molar-refractivity contribution in [3.8, 4) is 0 Å². The van der Waals surface area contributed by atoms with E-state index in [1.165, 1.54) is 0 Å². The Labute approximate surface area is 75.6 Å². The lowest BCUT2D eigenvalue weighted by Crippen LogP contribution is -2.01. The number of hydrogen-bond acceptors (Lipinski definition) is 4. The van der Waals surface area contributed by atoms with Crippen LogP contribution >= 0.6 is 0 Å². The summed E-state index contributed by atoms with van der Waals surface area (Å²) in [6.07, 6.45) is 2.47. The monoisotopic (exact) mass is 177 g/mol. The molecular weight excluding hydrogens is 166 g/mol. The molecule has 2 N–H and O–H groups in total. The first-order valence-electron chi connectivity index (χ1n) is 4.15. The van der Waals surface area contributed by atoms with Gasteiger partial charge in [-0.1, -0.05) is 6.92 Å². The highest BCUT2D eigenvalue weighted by Crippen LogP contribution is 2.14. The van der Waals surface area contributed by atoms with E-state index in [4.69, 9.17) is 5.73 Å². The van der Waals surface area contributed by atoms with E-state index >= 15 is 0 Å². The van der Waals surface area contributed by atoms with Crippen molar-refractivity contribution < 1.29 is 0 Å². The van der Waals surface area contributed by atoms with Crippen LogP contribution in [0.1, 0.15) is 12.7 Å². The molecule has 0 aliphatic heterocycles. The highest BCUT2D eigenvalue weighted by atomic mass is 15.1. The number of rotatable bonds is 1. The second-order valence-electron chi connectivity index (χ2n) is 2.91. The summed E-state index contributed by atoms with van der Waals surface area (Å²) in [5, 5.41) is 0. The predicted molar refractivity (Wildman–Crippen MR) is 50.1 cm³/mol. The third-order valence-corrected chi connectivity index (χ3v) is 1.95. The number of nitrogens with zero attached hydrogens (tertiary/aromatic N) is 4. The maximum Gasteiger partial charge on any atom is 0.165 e. The Morgan fingerprint density at radius 1 is 1.46 bits per heavy atom. The number of nitrogens with two attached hydrogens (primary N) is 1. The number of imidazole rings is 1. The molecule has 0 aliphatic carbocycles. The first-order valence-corrected chi connectivity index (χ1v) is 4.15. The van der Waals surface area contributed by atoms with Gasteiger partial charge in [0.1, 0.15) is 11.3 Å².